The Morgan fingerprint density at radius 2 is 2.04 bits per heavy atom. The molecular formula is C16H16ClF3N2O3. The highest BCUT2D eigenvalue weighted by Gasteiger charge is 2.49. The molecule has 1 aromatic carbocycles. The third-order valence-electron chi connectivity index (χ3n) is 4.88. The minimum absolute atomic E-state index is 0.00283. The Labute approximate surface area is 146 Å². The van der Waals surface area contributed by atoms with Crippen molar-refractivity contribution in [3.63, 3.8) is 0 Å². The molecule has 0 spiro atoms. The van der Waals surface area contributed by atoms with Crippen molar-refractivity contribution in [1.82, 2.24) is 4.90 Å². The van der Waals surface area contributed by atoms with E-state index >= 15 is 0 Å². The normalized spacial score (nSPS) is 26.0. The lowest BCUT2D eigenvalue weighted by Gasteiger charge is -2.22. The zero-order chi connectivity index (χ0) is 18.4. The van der Waals surface area contributed by atoms with E-state index in [1.807, 2.05) is 4.90 Å². The number of aliphatic carboxylic acids is 1. The topological polar surface area (TPSA) is 69.6 Å². The lowest BCUT2D eigenvalue weighted by Crippen LogP contribution is -2.38. The van der Waals surface area contributed by atoms with Crippen molar-refractivity contribution in [3.05, 3.63) is 28.8 Å². The van der Waals surface area contributed by atoms with Crippen LogP contribution in [-0.2, 0) is 15.8 Å². The van der Waals surface area contributed by atoms with Crippen LogP contribution in [0.2, 0.25) is 5.02 Å². The van der Waals surface area contributed by atoms with Gasteiger partial charge in [0, 0.05) is 17.8 Å². The third-order valence-corrected chi connectivity index (χ3v) is 5.21. The summed E-state index contributed by atoms with van der Waals surface area (Å²) < 4.78 is 38.6. The number of carboxylic acids is 1. The van der Waals surface area contributed by atoms with Gasteiger partial charge in [-0.3, -0.25) is 14.5 Å². The molecule has 2 saturated heterocycles. The molecular weight excluding hydrogens is 361 g/mol. The van der Waals surface area contributed by atoms with Gasteiger partial charge in [0.25, 0.3) is 0 Å². The maximum Gasteiger partial charge on any atom is 0.417 e. The quantitative estimate of drug-likeness (QED) is 0.846. The predicted octanol–water partition coefficient (Wildman–Crippen LogP) is 3.23. The molecule has 2 aliphatic heterocycles. The Bertz CT molecular complexity index is 710. The first kappa shape index (κ1) is 18.0. The largest absolute Gasteiger partial charge is 0.481 e. The standard InChI is InChI=1S/C16H16ClF3N2O3/c17-12-3-1-8(5-11(12)16(18,19)20)21-14(23)7-22-9-2-4-13(22)10(6-9)15(24)25/h1,3,5,9-10,13H,2,4,6-7H2,(H,21,23)(H,24,25). The van der Waals surface area contributed by atoms with Gasteiger partial charge in [-0.1, -0.05) is 11.6 Å². The molecule has 3 atom stereocenters. The first-order chi connectivity index (χ1) is 11.7. The van der Waals surface area contributed by atoms with Crippen LogP contribution in [0.15, 0.2) is 18.2 Å². The van der Waals surface area contributed by atoms with Crippen LogP contribution >= 0.6 is 11.6 Å². The first-order valence-corrected chi connectivity index (χ1v) is 8.19. The van der Waals surface area contributed by atoms with Crippen molar-refractivity contribution in [1.29, 1.82) is 0 Å². The zero-order valence-electron chi connectivity index (χ0n) is 13.0. The molecule has 0 aromatic heterocycles. The fourth-order valence-electron chi connectivity index (χ4n) is 3.80. The second-order valence-corrected chi connectivity index (χ2v) is 6.80. The second-order valence-electron chi connectivity index (χ2n) is 6.39. The van der Waals surface area contributed by atoms with Crippen molar-refractivity contribution in [2.45, 2.75) is 37.5 Å². The van der Waals surface area contributed by atoms with Gasteiger partial charge >= 0.3 is 12.1 Å². The van der Waals surface area contributed by atoms with Crippen molar-refractivity contribution < 1.29 is 27.9 Å². The van der Waals surface area contributed by atoms with E-state index in [-0.39, 0.29) is 24.3 Å². The van der Waals surface area contributed by atoms with E-state index in [1.165, 1.54) is 6.07 Å². The van der Waals surface area contributed by atoms with Crippen molar-refractivity contribution in [2.75, 3.05) is 11.9 Å². The Morgan fingerprint density at radius 1 is 1.32 bits per heavy atom. The maximum absolute atomic E-state index is 12.9. The molecule has 3 rings (SSSR count). The number of benzene rings is 1. The van der Waals surface area contributed by atoms with Crippen LogP contribution in [0.1, 0.15) is 24.8 Å². The number of halogens is 4. The molecule has 2 fully saturated rings. The molecule has 25 heavy (non-hydrogen) atoms. The van der Waals surface area contributed by atoms with E-state index in [0.717, 1.165) is 18.6 Å². The first-order valence-electron chi connectivity index (χ1n) is 7.82. The fraction of sp³-hybridized carbons (Fsp3) is 0.500. The Morgan fingerprint density at radius 3 is 2.64 bits per heavy atom. The zero-order valence-corrected chi connectivity index (χ0v) is 13.8. The van der Waals surface area contributed by atoms with Gasteiger partial charge in [-0.05, 0) is 37.5 Å². The van der Waals surface area contributed by atoms with Gasteiger partial charge in [0.1, 0.15) is 0 Å². The second kappa shape index (κ2) is 6.49. The van der Waals surface area contributed by atoms with Crippen LogP contribution in [-0.4, -0.2) is 40.5 Å². The Hall–Kier alpha value is -1.80. The highest BCUT2D eigenvalue weighted by atomic mass is 35.5. The van der Waals surface area contributed by atoms with Gasteiger partial charge in [0.2, 0.25) is 5.91 Å². The van der Waals surface area contributed by atoms with Gasteiger partial charge in [-0.2, -0.15) is 13.2 Å². The number of rotatable bonds is 4. The van der Waals surface area contributed by atoms with Gasteiger partial charge in [0.05, 0.1) is 23.0 Å². The smallest absolute Gasteiger partial charge is 0.417 e. The fourth-order valence-corrected chi connectivity index (χ4v) is 4.02. The van der Waals surface area contributed by atoms with E-state index in [0.29, 0.717) is 12.8 Å². The monoisotopic (exact) mass is 376 g/mol. The number of hydrogen-bond donors (Lipinski definition) is 2. The maximum atomic E-state index is 12.9. The number of anilines is 1. The summed E-state index contributed by atoms with van der Waals surface area (Å²) in [7, 11) is 0. The average molecular weight is 377 g/mol. The number of carboxylic acid groups (broad SMARTS) is 1. The van der Waals surface area contributed by atoms with E-state index in [4.69, 9.17) is 11.6 Å². The van der Waals surface area contributed by atoms with Crippen LogP contribution in [0.5, 0.6) is 0 Å². The molecule has 0 aliphatic carbocycles. The van der Waals surface area contributed by atoms with E-state index in [1.54, 1.807) is 0 Å². The summed E-state index contributed by atoms with van der Waals surface area (Å²) in [5, 5.41) is 11.2. The molecule has 0 saturated carbocycles. The highest BCUT2D eigenvalue weighted by Crippen LogP contribution is 2.41. The molecule has 136 valence electrons. The lowest BCUT2D eigenvalue weighted by atomic mass is 9.89. The number of nitrogens with zero attached hydrogens (tertiary/aromatic N) is 1. The molecule has 1 aromatic rings. The minimum atomic E-state index is -4.61. The molecule has 0 radical (unpaired) electrons. The van der Waals surface area contributed by atoms with E-state index in [2.05, 4.69) is 5.32 Å². The third kappa shape index (κ3) is 3.59. The van der Waals surface area contributed by atoms with Gasteiger partial charge in [-0.25, -0.2) is 0 Å². The number of nitrogens with one attached hydrogen (secondary N) is 1. The Kier molecular flexibility index (Phi) is 4.68. The summed E-state index contributed by atoms with van der Waals surface area (Å²) in [6.45, 7) is -0.0386. The molecule has 1 amide bonds. The molecule has 2 heterocycles. The lowest BCUT2D eigenvalue weighted by molar-refractivity contribution is -0.143. The minimum Gasteiger partial charge on any atom is -0.481 e. The van der Waals surface area contributed by atoms with E-state index < -0.39 is 34.6 Å². The summed E-state index contributed by atoms with van der Waals surface area (Å²) in [6, 6.07) is 3.02. The van der Waals surface area contributed by atoms with Crippen molar-refractivity contribution >= 4 is 29.2 Å². The molecule has 3 unspecified atom stereocenters. The summed E-state index contributed by atoms with van der Waals surface area (Å²) in [5.41, 5.74) is -1.01. The van der Waals surface area contributed by atoms with Crippen LogP contribution in [0.25, 0.3) is 0 Å². The SMILES string of the molecule is O=C(CN1C2CCC1C(C(=O)O)C2)Nc1ccc(Cl)c(C(F)(F)F)c1. The van der Waals surface area contributed by atoms with Crippen LogP contribution < -0.4 is 5.32 Å². The van der Waals surface area contributed by atoms with Crippen LogP contribution in [0.3, 0.4) is 0 Å². The molecule has 2 aliphatic rings. The average Bonchev–Trinajstić information content (AvgIpc) is 3.05. The number of carbonyl (C=O) groups is 2. The summed E-state index contributed by atoms with van der Waals surface area (Å²) in [4.78, 5) is 25.3. The number of amides is 1. The predicted molar refractivity (Wildman–Crippen MR) is 84.3 cm³/mol. The number of alkyl halides is 3. The van der Waals surface area contributed by atoms with Crippen molar-refractivity contribution in [3.8, 4) is 0 Å². The summed E-state index contributed by atoms with van der Waals surface area (Å²) in [6.07, 6.45) is -2.55. The highest BCUT2D eigenvalue weighted by molar-refractivity contribution is 6.31. The van der Waals surface area contributed by atoms with Gasteiger partial charge < -0.3 is 10.4 Å². The number of carbonyl (C=O) groups excluding carboxylic acids is 1. The van der Waals surface area contributed by atoms with Gasteiger partial charge in [0.15, 0.2) is 0 Å². The van der Waals surface area contributed by atoms with Crippen molar-refractivity contribution in [2.24, 2.45) is 5.92 Å². The molecule has 2 N–H and O–H groups in total. The molecule has 2 bridgehead atoms. The summed E-state index contributed by atoms with van der Waals surface area (Å²) in [5.74, 6) is -1.83. The number of fused-ring (bicyclic) bond motifs is 2. The molecule has 9 heteroatoms. The van der Waals surface area contributed by atoms with Crippen LogP contribution in [0.4, 0.5) is 18.9 Å². The Balaban J connectivity index is 1.67. The number of hydrogen-bond acceptors (Lipinski definition) is 3. The van der Waals surface area contributed by atoms with E-state index in [9.17, 15) is 27.9 Å². The van der Waals surface area contributed by atoms with Gasteiger partial charge in [-0.15, -0.1) is 0 Å². The molecule has 5 nitrogen and oxygen atoms in total. The summed E-state index contributed by atoms with van der Waals surface area (Å²) >= 11 is 5.55. The van der Waals surface area contributed by atoms with Crippen LogP contribution in [0, 0.1) is 5.92 Å².